The van der Waals surface area contributed by atoms with Crippen LogP contribution in [0.4, 0.5) is 0 Å². The molecule has 0 aliphatic carbocycles. The second kappa shape index (κ2) is 7.92. The van der Waals surface area contributed by atoms with E-state index in [1.54, 1.807) is 0 Å². The zero-order chi connectivity index (χ0) is 19.4. The van der Waals surface area contributed by atoms with Crippen LogP contribution in [0, 0.1) is 0 Å². The number of hydrogen-bond donors (Lipinski definition) is 0. The first kappa shape index (κ1) is 18.5. The van der Waals surface area contributed by atoms with E-state index in [0.717, 1.165) is 44.5 Å². The Labute approximate surface area is 161 Å². The van der Waals surface area contributed by atoms with Crippen molar-refractivity contribution in [2.75, 3.05) is 6.61 Å². The summed E-state index contributed by atoms with van der Waals surface area (Å²) in [7, 11) is 0. The lowest BCUT2D eigenvalue weighted by molar-refractivity contribution is 0.339. The lowest BCUT2D eigenvalue weighted by Gasteiger charge is -2.19. The van der Waals surface area contributed by atoms with Crippen molar-refractivity contribution in [2.45, 2.75) is 6.92 Å². The van der Waals surface area contributed by atoms with Crippen LogP contribution in [0.1, 0.15) is 29.2 Å². The molecule has 0 fully saturated rings. The van der Waals surface area contributed by atoms with Crippen LogP contribution in [0.3, 0.4) is 0 Å². The molecule has 0 saturated carbocycles. The van der Waals surface area contributed by atoms with Crippen LogP contribution in [0.2, 0.25) is 0 Å². The molecule has 0 spiro atoms. The molecule has 0 radical (unpaired) electrons. The van der Waals surface area contributed by atoms with Crippen LogP contribution in [0.15, 0.2) is 68.8 Å². The molecule has 1 nitrogen and oxygen atoms in total. The predicted molar refractivity (Wildman–Crippen MR) is 121 cm³/mol. The molecule has 0 atom stereocenters. The van der Waals surface area contributed by atoms with E-state index in [1.165, 1.54) is 5.39 Å². The molecular weight excluding hydrogens is 328 g/mol. The van der Waals surface area contributed by atoms with Gasteiger partial charge in [0.05, 0.1) is 6.61 Å². The van der Waals surface area contributed by atoms with Gasteiger partial charge in [-0.05, 0) is 57.6 Å². The molecule has 0 unspecified atom stereocenters. The molecule has 0 aliphatic rings. The highest BCUT2D eigenvalue weighted by Crippen LogP contribution is 2.41. The Bertz CT molecular complexity index is 1050. The largest absolute Gasteiger partial charge is 0.493 e. The topological polar surface area (TPSA) is 9.23 Å². The molecule has 27 heavy (non-hydrogen) atoms. The van der Waals surface area contributed by atoms with Gasteiger partial charge in [0.25, 0.3) is 0 Å². The van der Waals surface area contributed by atoms with Gasteiger partial charge in [-0.2, -0.15) is 0 Å². The molecule has 3 aromatic carbocycles. The van der Waals surface area contributed by atoms with Crippen LogP contribution in [-0.2, 0) is 0 Å². The van der Waals surface area contributed by atoms with Crippen LogP contribution in [-0.4, -0.2) is 6.61 Å². The number of rotatable bonds is 7. The van der Waals surface area contributed by atoms with Crippen molar-refractivity contribution < 1.29 is 4.74 Å². The van der Waals surface area contributed by atoms with Crippen molar-refractivity contribution in [1.82, 2.24) is 0 Å². The van der Waals surface area contributed by atoms with E-state index in [9.17, 15) is 0 Å². The minimum atomic E-state index is 0.601. The molecule has 0 saturated heterocycles. The maximum Gasteiger partial charge on any atom is 0.127 e. The number of benzene rings is 3. The van der Waals surface area contributed by atoms with Gasteiger partial charge in [0, 0.05) is 5.56 Å². The Hall–Kier alpha value is -3.32. The van der Waals surface area contributed by atoms with Gasteiger partial charge in [-0.1, -0.05) is 81.0 Å². The Morgan fingerprint density at radius 1 is 0.815 bits per heavy atom. The summed E-state index contributed by atoms with van der Waals surface area (Å²) in [6.07, 6.45) is 7.48. The lowest BCUT2D eigenvalue weighted by atomic mass is 9.86. The van der Waals surface area contributed by atoms with Crippen molar-refractivity contribution in [3.05, 3.63) is 91.0 Å². The first-order chi connectivity index (χ1) is 13.2. The molecule has 134 valence electrons. The van der Waals surface area contributed by atoms with Gasteiger partial charge in [-0.3, -0.25) is 0 Å². The van der Waals surface area contributed by atoms with Crippen molar-refractivity contribution in [2.24, 2.45) is 0 Å². The quantitative estimate of drug-likeness (QED) is 0.428. The third-order valence-electron chi connectivity index (χ3n) is 4.77. The lowest BCUT2D eigenvalue weighted by Crippen LogP contribution is -1.99. The fourth-order valence-corrected chi connectivity index (χ4v) is 3.61. The van der Waals surface area contributed by atoms with Crippen LogP contribution < -0.4 is 4.74 Å². The van der Waals surface area contributed by atoms with Crippen LogP contribution in [0.5, 0.6) is 5.75 Å². The van der Waals surface area contributed by atoms with Crippen LogP contribution >= 0.6 is 0 Å². The second-order valence-corrected chi connectivity index (χ2v) is 6.16. The third kappa shape index (κ3) is 3.13. The monoisotopic (exact) mass is 352 g/mol. The van der Waals surface area contributed by atoms with Crippen molar-refractivity contribution in [1.29, 1.82) is 0 Å². The summed E-state index contributed by atoms with van der Waals surface area (Å²) in [6.45, 7) is 18.7. The summed E-state index contributed by atoms with van der Waals surface area (Å²) in [6, 6.07) is 14.6. The average Bonchev–Trinajstić information content (AvgIpc) is 2.72. The molecule has 3 rings (SSSR count). The first-order valence-electron chi connectivity index (χ1n) is 9.05. The van der Waals surface area contributed by atoms with Crippen molar-refractivity contribution in [3.63, 3.8) is 0 Å². The molecule has 1 heteroatoms. The highest BCUT2D eigenvalue weighted by atomic mass is 16.5. The molecule has 0 N–H and O–H groups in total. The van der Waals surface area contributed by atoms with Crippen molar-refractivity contribution in [3.8, 4) is 16.9 Å². The second-order valence-electron chi connectivity index (χ2n) is 6.16. The Balaban J connectivity index is 2.49. The molecule has 0 bridgehead atoms. The molecule has 3 aromatic rings. The summed E-state index contributed by atoms with van der Waals surface area (Å²) in [4.78, 5) is 0. The first-order valence-corrected chi connectivity index (χ1v) is 9.05. The maximum atomic E-state index is 5.79. The summed E-state index contributed by atoms with van der Waals surface area (Å²) in [5.74, 6) is 0.815. The van der Waals surface area contributed by atoms with E-state index in [1.807, 2.05) is 43.4 Å². The smallest absolute Gasteiger partial charge is 0.127 e. The average molecular weight is 352 g/mol. The van der Waals surface area contributed by atoms with Gasteiger partial charge in [-0.25, -0.2) is 0 Å². The standard InChI is InChI=1S/C26H24O/c1-6-18-17-19-13-11-12-14-23(19)26(20(18)7-2)24-15-16-25(27-10-5)22(9-4)21(24)8-3/h6-9,11-17H,1-4,10H2,5H3. The highest BCUT2D eigenvalue weighted by Gasteiger charge is 2.17. The minimum absolute atomic E-state index is 0.601. The van der Waals surface area contributed by atoms with Gasteiger partial charge in [-0.15, -0.1) is 0 Å². The molecular formula is C26H24O. The number of fused-ring (bicyclic) bond motifs is 1. The van der Waals surface area contributed by atoms with Gasteiger partial charge >= 0.3 is 0 Å². The third-order valence-corrected chi connectivity index (χ3v) is 4.77. The summed E-state index contributed by atoms with van der Waals surface area (Å²) >= 11 is 0. The van der Waals surface area contributed by atoms with E-state index in [2.05, 4.69) is 56.6 Å². The van der Waals surface area contributed by atoms with Gasteiger partial charge in [0.1, 0.15) is 5.75 Å². The fourth-order valence-electron chi connectivity index (χ4n) is 3.61. The Morgan fingerprint density at radius 3 is 2.15 bits per heavy atom. The van der Waals surface area contributed by atoms with Gasteiger partial charge < -0.3 is 4.74 Å². The van der Waals surface area contributed by atoms with E-state index in [-0.39, 0.29) is 0 Å². The van der Waals surface area contributed by atoms with E-state index < -0.39 is 0 Å². The molecule has 0 heterocycles. The summed E-state index contributed by atoms with van der Waals surface area (Å²) in [5, 5.41) is 2.33. The highest BCUT2D eigenvalue weighted by molar-refractivity contribution is 6.05. The number of hydrogen-bond acceptors (Lipinski definition) is 1. The fraction of sp³-hybridized carbons (Fsp3) is 0.0769. The van der Waals surface area contributed by atoms with E-state index in [4.69, 9.17) is 4.74 Å². The molecule has 0 aromatic heterocycles. The van der Waals surface area contributed by atoms with Crippen molar-refractivity contribution >= 4 is 35.1 Å². The zero-order valence-corrected chi connectivity index (χ0v) is 15.8. The number of ether oxygens (including phenoxy) is 1. The summed E-state index contributed by atoms with van der Waals surface area (Å²) in [5.41, 5.74) is 6.28. The van der Waals surface area contributed by atoms with E-state index in [0.29, 0.717) is 6.61 Å². The maximum absolute atomic E-state index is 5.79. The van der Waals surface area contributed by atoms with Gasteiger partial charge in [0.2, 0.25) is 0 Å². The van der Waals surface area contributed by atoms with E-state index >= 15 is 0 Å². The minimum Gasteiger partial charge on any atom is -0.493 e. The molecule has 0 amide bonds. The molecule has 0 aliphatic heterocycles. The van der Waals surface area contributed by atoms with Crippen LogP contribution in [0.25, 0.3) is 46.2 Å². The normalized spacial score (nSPS) is 10.4. The zero-order valence-electron chi connectivity index (χ0n) is 15.8. The Kier molecular flexibility index (Phi) is 5.42. The SMILES string of the molecule is C=Cc1cc2ccccc2c(-c2ccc(OCC)c(C=C)c2C=C)c1C=C. The summed E-state index contributed by atoms with van der Waals surface area (Å²) < 4.78 is 5.79. The predicted octanol–water partition coefficient (Wildman–Crippen LogP) is 7.48. The Morgan fingerprint density at radius 2 is 1.52 bits per heavy atom. The van der Waals surface area contributed by atoms with Gasteiger partial charge in [0.15, 0.2) is 0 Å².